The highest BCUT2D eigenvalue weighted by Crippen LogP contribution is 2.48. The van der Waals surface area contributed by atoms with Gasteiger partial charge in [-0.15, -0.1) is 0 Å². The highest BCUT2D eigenvalue weighted by atomic mass is 35.5. The van der Waals surface area contributed by atoms with E-state index >= 15 is 0 Å². The monoisotopic (exact) mass is 656 g/mol. The molecule has 4 heterocycles. The second kappa shape index (κ2) is 10.9. The van der Waals surface area contributed by atoms with Crippen molar-refractivity contribution in [3.63, 3.8) is 0 Å². The average Bonchev–Trinajstić information content (AvgIpc) is 3.56. The van der Waals surface area contributed by atoms with Crippen LogP contribution in [0.1, 0.15) is 22.3 Å². The van der Waals surface area contributed by atoms with E-state index in [4.69, 9.17) is 42.9 Å². The van der Waals surface area contributed by atoms with E-state index in [9.17, 15) is 9.59 Å². The van der Waals surface area contributed by atoms with Gasteiger partial charge in [0.1, 0.15) is 11.2 Å². The highest BCUT2D eigenvalue weighted by Gasteiger charge is 2.51. The maximum absolute atomic E-state index is 11.1. The molecule has 0 unspecified atom stereocenters. The van der Waals surface area contributed by atoms with Crippen molar-refractivity contribution in [2.75, 3.05) is 39.3 Å². The summed E-state index contributed by atoms with van der Waals surface area (Å²) >= 11 is 14.3. The largest absolute Gasteiger partial charge is 0.480 e. The van der Waals surface area contributed by atoms with Gasteiger partial charge in [-0.05, 0) is 45.5 Å². The minimum atomic E-state index is -0.833. The molecule has 8 nitrogen and oxygen atoms in total. The number of carboxylic acids is 2. The van der Waals surface area contributed by atoms with Crippen LogP contribution in [-0.4, -0.2) is 71.2 Å². The molecule has 4 aliphatic heterocycles. The number of nitrogens with zero attached hydrogens (tertiary/aromatic N) is 2. The van der Waals surface area contributed by atoms with Gasteiger partial charge in [-0.25, -0.2) is 0 Å². The molecule has 0 aromatic heterocycles. The van der Waals surface area contributed by atoms with Crippen LogP contribution in [0.3, 0.4) is 0 Å². The van der Waals surface area contributed by atoms with Crippen LogP contribution in [0.2, 0.25) is 10.0 Å². The molecule has 46 heavy (non-hydrogen) atoms. The van der Waals surface area contributed by atoms with Crippen LogP contribution < -0.4 is 0 Å². The molecule has 4 aromatic carbocycles. The van der Waals surface area contributed by atoms with Crippen molar-refractivity contribution < 1.29 is 29.3 Å². The molecule has 2 spiro atoms. The van der Waals surface area contributed by atoms with Gasteiger partial charge in [0.2, 0.25) is 0 Å². The summed E-state index contributed by atoms with van der Waals surface area (Å²) in [5.41, 5.74) is 8.93. The maximum Gasteiger partial charge on any atom is 0.317 e. The molecule has 2 fully saturated rings. The molecule has 8 rings (SSSR count). The molecule has 0 aliphatic carbocycles. The van der Waals surface area contributed by atoms with Crippen LogP contribution in [0.15, 0.2) is 72.8 Å². The number of halogens is 2. The summed E-state index contributed by atoms with van der Waals surface area (Å²) in [6, 6.07) is 24.5. The second-order valence-electron chi connectivity index (χ2n) is 12.7. The lowest BCUT2D eigenvalue weighted by Crippen LogP contribution is -2.60. The van der Waals surface area contributed by atoms with Gasteiger partial charge in [-0.3, -0.25) is 19.4 Å². The topological polar surface area (TPSA) is 99.5 Å². The first-order chi connectivity index (χ1) is 22.1. The van der Waals surface area contributed by atoms with E-state index in [0.29, 0.717) is 49.4 Å². The molecule has 0 amide bonds. The summed E-state index contributed by atoms with van der Waals surface area (Å²) in [6.45, 7) is 3.26. The van der Waals surface area contributed by atoms with Crippen molar-refractivity contribution in [2.45, 2.75) is 24.4 Å². The lowest BCUT2D eigenvalue weighted by atomic mass is 9.84. The van der Waals surface area contributed by atoms with Crippen LogP contribution >= 0.6 is 23.2 Å². The summed E-state index contributed by atoms with van der Waals surface area (Å²) in [7, 11) is 0. The zero-order valence-corrected chi connectivity index (χ0v) is 26.3. The molecule has 0 radical (unpaired) electrons. The number of fused-ring (bicyclic) bond motifs is 4. The number of hydrogen-bond acceptors (Lipinski definition) is 6. The van der Waals surface area contributed by atoms with Crippen molar-refractivity contribution in [1.29, 1.82) is 0 Å². The SMILES string of the molecule is O=C(O)CN1CC2(C1)OCc1cc(-c3cccc(-c4cccc(-c5ccc6c(c5)COC65CN(CC(=O)O)C5)c4Cl)c3Cl)ccc12. The van der Waals surface area contributed by atoms with Crippen LogP contribution in [-0.2, 0) is 43.5 Å². The van der Waals surface area contributed by atoms with Crippen LogP contribution in [0, 0.1) is 0 Å². The van der Waals surface area contributed by atoms with E-state index in [2.05, 4.69) is 36.4 Å². The molecule has 4 aliphatic rings. The lowest BCUT2D eigenvalue weighted by Gasteiger charge is -2.46. The molecule has 10 heteroatoms. The molecule has 4 aromatic rings. The predicted octanol–water partition coefficient (Wildman–Crippen LogP) is 6.25. The number of carbonyl (C=O) groups is 2. The number of hydrogen-bond donors (Lipinski definition) is 2. The fourth-order valence-corrected chi connectivity index (χ4v) is 8.32. The average molecular weight is 658 g/mol. The van der Waals surface area contributed by atoms with E-state index in [1.54, 1.807) is 0 Å². The Hall–Kier alpha value is -3.76. The Kier molecular flexibility index (Phi) is 7.03. The Bertz CT molecular complexity index is 1790. The number of aliphatic carboxylic acids is 2. The Labute approximate surface area is 275 Å². The van der Waals surface area contributed by atoms with Gasteiger partial charge >= 0.3 is 11.9 Å². The standard InChI is InChI=1S/C36H30Cl2N2O6/c37-33-25(21-7-9-29-23(11-21)15-45-35(29)17-39(18-35)13-31(41)42)3-1-5-27(33)28-6-2-4-26(34(28)38)22-8-10-30-24(12-22)16-46-36(30)19-40(20-36)14-32(43)44/h1-12H,13-20H2,(H,41,42)(H,43,44). The third-order valence-electron chi connectivity index (χ3n) is 9.74. The molecular weight excluding hydrogens is 627 g/mol. The summed E-state index contributed by atoms with van der Waals surface area (Å²) in [6.07, 6.45) is 0. The summed E-state index contributed by atoms with van der Waals surface area (Å²) in [5.74, 6) is -1.67. The Balaban J connectivity index is 1.07. The zero-order chi connectivity index (χ0) is 31.8. The normalized spacial score (nSPS) is 19.1. The first kappa shape index (κ1) is 29.6. The summed E-state index contributed by atoms with van der Waals surface area (Å²) in [5, 5.41) is 19.5. The van der Waals surface area contributed by atoms with Gasteiger partial charge in [-0.1, -0.05) is 83.9 Å². The third-order valence-corrected chi connectivity index (χ3v) is 10.6. The van der Waals surface area contributed by atoms with Gasteiger partial charge in [-0.2, -0.15) is 0 Å². The lowest BCUT2D eigenvalue weighted by molar-refractivity contribution is -0.159. The molecule has 0 atom stereocenters. The van der Waals surface area contributed by atoms with Gasteiger partial charge in [0.15, 0.2) is 0 Å². The fraction of sp³-hybridized carbons (Fsp3) is 0.278. The van der Waals surface area contributed by atoms with Crippen LogP contribution in [0.4, 0.5) is 0 Å². The first-order valence-corrected chi connectivity index (χ1v) is 15.9. The van der Waals surface area contributed by atoms with Gasteiger partial charge in [0.25, 0.3) is 0 Å². The molecule has 234 valence electrons. The third kappa shape index (κ3) is 4.75. The zero-order valence-electron chi connectivity index (χ0n) is 24.8. The minimum Gasteiger partial charge on any atom is -0.480 e. The van der Waals surface area contributed by atoms with E-state index in [1.165, 1.54) is 0 Å². The van der Waals surface area contributed by atoms with Gasteiger partial charge in [0, 0.05) is 48.4 Å². The second-order valence-corrected chi connectivity index (χ2v) is 13.5. The number of likely N-dealkylation sites (tertiary alicyclic amines) is 2. The van der Waals surface area contributed by atoms with Crippen molar-refractivity contribution in [2.24, 2.45) is 0 Å². The maximum atomic E-state index is 11.1. The highest BCUT2D eigenvalue weighted by molar-refractivity contribution is 6.39. The quantitative estimate of drug-likeness (QED) is 0.241. The van der Waals surface area contributed by atoms with E-state index in [-0.39, 0.29) is 13.1 Å². The van der Waals surface area contributed by atoms with Crippen LogP contribution in [0.25, 0.3) is 33.4 Å². The number of carboxylic acid groups (broad SMARTS) is 2. The smallest absolute Gasteiger partial charge is 0.317 e. The van der Waals surface area contributed by atoms with E-state index in [1.807, 2.05) is 46.2 Å². The Morgan fingerprint density at radius 2 is 1.02 bits per heavy atom. The van der Waals surface area contributed by atoms with Crippen molar-refractivity contribution >= 4 is 35.1 Å². The predicted molar refractivity (Wildman–Crippen MR) is 174 cm³/mol. The number of benzene rings is 4. The molecule has 0 bridgehead atoms. The summed E-state index contributed by atoms with van der Waals surface area (Å²) in [4.78, 5) is 26.0. The van der Waals surface area contributed by atoms with Crippen molar-refractivity contribution in [3.8, 4) is 33.4 Å². The first-order valence-electron chi connectivity index (χ1n) is 15.2. The molecule has 2 N–H and O–H groups in total. The van der Waals surface area contributed by atoms with Crippen molar-refractivity contribution in [3.05, 3.63) is 105 Å². The Morgan fingerprint density at radius 3 is 1.41 bits per heavy atom. The van der Waals surface area contributed by atoms with E-state index < -0.39 is 23.1 Å². The van der Waals surface area contributed by atoms with E-state index in [0.717, 1.165) is 55.6 Å². The Morgan fingerprint density at radius 1 is 0.630 bits per heavy atom. The number of rotatable bonds is 7. The van der Waals surface area contributed by atoms with Gasteiger partial charge in [0.05, 0.1) is 36.3 Å². The number of ether oxygens (including phenoxy) is 2. The minimum absolute atomic E-state index is 0.0152. The van der Waals surface area contributed by atoms with Crippen molar-refractivity contribution in [1.82, 2.24) is 9.80 Å². The molecular formula is C36H30Cl2N2O6. The summed E-state index contributed by atoms with van der Waals surface area (Å²) < 4.78 is 12.4. The molecule has 2 saturated heterocycles. The van der Waals surface area contributed by atoms with Crippen LogP contribution in [0.5, 0.6) is 0 Å². The fourth-order valence-electron chi connectivity index (χ4n) is 7.65. The van der Waals surface area contributed by atoms with Gasteiger partial charge < -0.3 is 19.7 Å². The molecule has 0 saturated carbocycles.